The van der Waals surface area contributed by atoms with Gasteiger partial charge in [0, 0.05) is 0 Å². The Hall–Kier alpha value is -2.69. The van der Waals surface area contributed by atoms with Crippen LogP contribution in [0, 0.1) is 0 Å². The summed E-state index contributed by atoms with van der Waals surface area (Å²) in [6.07, 6.45) is -11.8. The smallest absolute Gasteiger partial charge is 0.428 e. The van der Waals surface area contributed by atoms with Crippen LogP contribution >= 0.6 is 0 Å². The quantitative estimate of drug-likeness (QED) is 0.220. The first-order valence-electron chi connectivity index (χ1n) is 10.0. The lowest BCUT2D eigenvalue weighted by atomic mass is 10.1. The molecule has 0 aromatic heterocycles. The van der Waals surface area contributed by atoms with E-state index in [1.807, 2.05) is 72.8 Å². The molecule has 0 spiro atoms. The number of hydrogen-bond acceptors (Lipinski definition) is 3. The number of ether oxygens (including phenoxy) is 2. The van der Waals surface area contributed by atoms with Gasteiger partial charge < -0.3 is 14.6 Å². The summed E-state index contributed by atoms with van der Waals surface area (Å²) in [4.78, 5) is 3.22. The van der Waals surface area contributed by atoms with Crippen LogP contribution in [0.1, 0.15) is 0 Å². The number of hydrogen-bond donors (Lipinski definition) is 1. The Balaban J connectivity index is 1.61. The zero-order valence-electron chi connectivity index (χ0n) is 17.6. The second-order valence-corrected chi connectivity index (χ2v) is 9.19. The van der Waals surface area contributed by atoms with Gasteiger partial charge in [0.1, 0.15) is 12.4 Å². The molecule has 182 valence electrons. The van der Waals surface area contributed by atoms with Gasteiger partial charge in [-0.1, -0.05) is 36.4 Å². The predicted molar refractivity (Wildman–Crippen MR) is 115 cm³/mol. The normalized spacial score (nSPS) is 12.7. The molecule has 10 heteroatoms. The molecule has 0 atom stereocenters. The maximum atomic E-state index is 12.6. The van der Waals surface area contributed by atoms with E-state index >= 15 is 0 Å². The van der Waals surface area contributed by atoms with Gasteiger partial charge in [0.25, 0.3) is 5.60 Å². The predicted octanol–water partition coefficient (Wildman–Crippen LogP) is 6.03. The second kappa shape index (κ2) is 10.7. The lowest BCUT2D eigenvalue weighted by molar-refractivity contribution is -0.378. The van der Waals surface area contributed by atoms with Gasteiger partial charge in [0.2, 0.25) is 0 Å². The summed E-state index contributed by atoms with van der Waals surface area (Å²) in [5, 5.41) is 9.06. The summed E-state index contributed by atoms with van der Waals surface area (Å²) >= 11 is 0. The van der Waals surface area contributed by atoms with Gasteiger partial charge in [-0.2, -0.15) is 26.3 Å². The lowest BCUT2D eigenvalue weighted by Gasteiger charge is -2.31. The van der Waals surface area contributed by atoms with Gasteiger partial charge >= 0.3 is 12.4 Å². The first kappa shape index (κ1) is 25.9. The topological polar surface area (TPSA) is 38.7 Å². The van der Waals surface area contributed by atoms with Crippen molar-refractivity contribution in [3.8, 4) is 5.75 Å². The molecular formula is C24H21F6O3S+. The van der Waals surface area contributed by atoms with Crippen molar-refractivity contribution in [2.45, 2.75) is 32.6 Å². The Morgan fingerprint density at radius 3 is 1.50 bits per heavy atom. The zero-order valence-corrected chi connectivity index (χ0v) is 18.5. The van der Waals surface area contributed by atoms with Crippen molar-refractivity contribution in [3.05, 3.63) is 84.9 Å². The zero-order chi connectivity index (χ0) is 24.8. The van der Waals surface area contributed by atoms with E-state index in [-0.39, 0.29) is 17.5 Å². The molecule has 0 saturated carbocycles. The van der Waals surface area contributed by atoms with Crippen LogP contribution in [0.4, 0.5) is 26.3 Å². The van der Waals surface area contributed by atoms with E-state index in [4.69, 9.17) is 9.84 Å². The Kier molecular flexibility index (Phi) is 8.17. The molecule has 0 unspecified atom stereocenters. The maximum Gasteiger partial charge on any atom is 0.428 e. The first-order chi connectivity index (χ1) is 16.0. The number of halogens is 6. The van der Waals surface area contributed by atoms with Crippen molar-refractivity contribution in [2.24, 2.45) is 0 Å². The first-order valence-corrected chi connectivity index (χ1v) is 11.3. The summed E-state index contributed by atoms with van der Waals surface area (Å²) < 4.78 is 85.7. The molecule has 3 aromatic carbocycles. The van der Waals surface area contributed by atoms with E-state index in [2.05, 4.69) is 4.74 Å². The van der Waals surface area contributed by atoms with Crippen LogP contribution in [0.15, 0.2) is 99.6 Å². The number of alkyl halides is 6. The monoisotopic (exact) mass is 503 g/mol. The molecule has 0 radical (unpaired) electrons. The molecule has 0 amide bonds. The van der Waals surface area contributed by atoms with E-state index in [9.17, 15) is 26.3 Å². The van der Waals surface area contributed by atoms with Gasteiger partial charge in [-0.05, 0) is 48.5 Å². The Morgan fingerprint density at radius 2 is 1.06 bits per heavy atom. The van der Waals surface area contributed by atoms with Crippen molar-refractivity contribution < 1.29 is 40.9 Å². The number of aliphatic hydroxyl groups is 1. The van der Waals surface area contributed by atoms with E-state index < -0.39 is 31.2 Å². The molecule has 1 N–H and O–H groups in total. The van der Waals surface area contributed by atoms with E-state index in [1.54, 1.807) is 12.1 Å². The highest BCUT2D eigenvalue weighted by atomic mass is 32.2. The summed E-state index contributed by atoms with van der Waals surface area (Å²) in [6.45, 7) is -2.85. The summed E-state index contributed by atoms with van der Waals surface area (Å²) in [5.41, 5.74) is -4.94. The van der Waals surface area contributed by atoms with Crippen molar-refractivity contribution in [1.82, 2.24) is 0 Å². The average molecular weight is 503 g/mol. The van der Waals surface area contributed by atoms with Gasteiger partial charge in [0.05, 0.1) is 24.1 Å². The Morgan fingerprint density at radius 1 is 0.618 bits per heavy atom. The fraction of sp³-hybridized carbons (Fsp3) is 0.250. The molecule has 0 saturated heterocycles. The van der Waals surface area contributed by atoms with E-state index in [1.165, 1.54) is 0 Å². The SMILES string of the molecule is OC(COCCOc1ccc([S+](c2ccccc2)c2ccccc2)cc1)(C(F)(F)F)C(F)(F)F. The average Bonchev–Trinajstić information content (AvgIpc) is 2.80. The molecule has 3 aromatic rings. The maximum absolute atomic E-state index is 12.6. The minimum absolute atomic E-state index is 0.297. The second-order valence-electron chi connectivity index (χ2n) is 7.16. The van der Waals surface area contributed by atoms with Crippen LogP contribution in [0.5, 0.6) is 5.75 Å². The molecular weight excluding hydrogens is 482 g/mol. The van der Waals surface area contributed by atoms with Crippen LogP contribution in [-0.2, 0) is 15.6 Å². The van der Waals surface area contributed by atoms with Gasteiger partial charge in [-0.15, -0.1) is 0 Å². The molecule has 0 heterocycles. The Bertz CT molecular complexity index is 971. The molecule has 34 heavy (non-hydrogen) atoms. The van der Waals surface area contributed by atoms with Gasteiger partial charge in [-0.3, -0.25) is 0 Å². The molecule has 3 nitrogen and oxygen atoms in total. The van der Waals surface area contributed by atoms with Crippen LogP contribution in [0.3, 0.4) is 0 Å². The highest BCUT2D eigenvalue weighted by Crippen LogP contribution is 2.43. The minimum Gasteiger partial charge on any atom is -0.491 e. The van der Waals surface area contributed by atoms with Crippen LogP contribution in [-0.4, -0.2) is 42.9 Å². The van der Waals surface area contributed by atoms with Crippen molar-refractivity contribution in [1.29, 1.82) is 0 Å². The molecule has 0 bridgehead atoms. The summed E-state index contributed by atoms with van der Waals surface area (Å²) in [5.74, 6) is 0.374. The van der Waals surface area contributed by atoms with Crippen molar-refractivity contribution in [3.63, 3.8) is 0 Å². The minimum atomic E-state index is -5.92. The van der Waals surface area contributed by atoms with Crippen LogP contribution in [0.2, 0.25) is 0 Å². The Labute approximate surface area is 195 Å². The van der Waals surface area contributed by atoms with Crippen LogP contribution in [0.25, 0.3) is 0 Å². The van der Waals surface area contributed by atoms with Crippen LogP contribution < -0.4 is 4.74 Å². The highest BCUT2D eigenvalue weighted by Gasteiger charge is 2.70. The fourth-order valence-corrected chi connectivity index (χ4v) is 5.04. The molecule has 0 aliphatic heterocycles. The van der Waals surface area contributed by atoms with Gasteiger partial charge in [0.15, 0.2) is 14.7 Å². The standard InChI is InChI=1S/C24H21F6O3S/c25-23(26,27)22(31,24(28,29)30)17-32-15-16-33-18-11-13-21(14-12-18)34(19-7-3-1-4-8-19)20-9-5-2-6-10-20/h1-14,31H,15-17H2/q+1. The molecule has 0 aliphatic carbocycles. The summed E-state index contributed by atoms with van der Waals surface area (Å²) in [7, 11) is -0.380. The molecule has 0 fully saturated rings. The molecule has 0 aliphatic rings. The molecule has 3 rings (SSSR count). The van der Waals surface area contributed by atoms with Crippen molar-refractivity contribution in [2.75, 3.05) is 19.8 Å². The lowest BCUT2D eigenvalue weighted by Crippen LogP contribution is -2.60. The summed E-state index contributed by atoms with van der Waals surface area (Å²) in [6, 6.07) is 26.8. The third-order valence-corrected chi connectivity index (χ3v) is 6.99. The fourth-order valence-electron chi connectivity index (χ4n) is 2.96. The van der Waals surface area contributed by atoms with Gasteiger partial charge in [-0.25, -0.2) is 0 Å². The van der Waals surface area contributed by atoms with E-state index in [0.717, 1.165) is 14.7 Å². The van der Waals surface area contributed by atoms with Crippen molar-refractivity contribution >= 4 is 10.9 Å². The largest absolute Gasteiger partial charge is 0.491 e. The number of rotatable bonds is 9. The third kappa shape index (κ3) is 6.05. The highest BCUT2D eigenvalue weighted by molar-refractivity contribution is 7.97. The number of benzene rings is 3. The third-order valence-electron chi connectivity index (χ3n) is 4.76. The van der Waals surface area contributed by atoms with E-state index in [0.29, 0.717) is 5.75 Å².